The zero-order valence-corrected chi connectivity index (χ0v) is 13.9. The lowest BCUT2D eigenvalue weighted by Gasteiger charge is -2.09. The molecule has 0 saturated carbocycles. The van der Waals surface area contributed by atoms with Crippen molar-refractivity contribution in [3.8, 4) is 5.75 Å². The third-order valence-corrected chi connectivity index (χ3v) is 4.34. The molecule has 0 radical (unpaired) electrons. The van der Waals surface area contributed by atoms with E-state index in [9.17, 15) is 14.9 Å². The second-order valence-corrected chi connectivity index (χ2v) is 6.77. The Balaban J connectivity index is 2.20. The van der Waals surface area contributed by atoms with Crippen LogP contribution in [0.15, 0.2) is 28.7 Å². The van der Waals surface area contributed by atoms with Crippen LogP contribution in [0.4, 0.5) is 5.69 Å². The zero-order chi connectivity index (χ0) is 15.6. The lowest BCUT2D eigenvalue weighted by molar-refractivity contribution is -0.385. The van der Waals surface area contributed by atoms with Crippen LogP contribution in [-0.2, 0) is 0 Å². The van der Waals surface area contributed by atoms with Gasteiger partial charge in [-0.25, -0.2) is 0 Å². The molecule has 0 aliphatic rings. The largest absolute Gasteiger partial charge is 0.478 e. The summed E-state index contributed by atoms with van der Waals surface area (Å²) in [6.45, 7) is 1.40. The molecule has 1 aromatic carbocycles. The fourth-order valence-corrected chi connectivity index (χ4v) is 3.24. The normalized spacial score (nSPS) is 10.4. The van der Waals surface area contributed by atoms with Gasteiger partial charge in [-0.05, 0) is 30.7 Å². The summed E-state index contributed by atoms with van der Waals surface area (Å²) in [5, 5.41) is 11.0. The highest BCUT2D eigenvalue weighted by atomic mass is 79.9. The first-order valence-electron chi connectivity index (χ1n) is 5.74. The lowest BCUT2D eigenvalue weighted by atomic mass is 10.2. The first-order chi connectivity index (χ1) is 9.88. The first-order valence-corrected chi connectivity index (χ1v) is 7.73. The topological polar surface area (TPSA) is 69.4 Å². The van der Waals surface area contributed by atoms with Gasteiger partial charge in [0, 0.05) is 10.5 Å². The first kappa shape index (κ1) is 15.9. The molecular formula is C13H9BrClNO4S. The standard InChI is InChI=1S/C13H9BrClNO4S/c1-7-4-8(14)5-9(16(18)19)13(7)20-6-10(17)11-2-3-12(15)21-11/h2-5H,6H2,1H3. The van der Waals surface area contributed by atoms with Gasteiger partial charge in [-0.1, -0.05) is 27.5 Å². The third-order valence-electron chi connectivity index (χ3n) is 2.61. The monoisotopic (exact) mass is 389 g/mol. The predicted molar refractivity (Wildman–Crippen MR) is 84.7 cm³/mol. The Bertz CT molecular complexity index is 716. The van der Waals surface area contributed by atoms with Gasteiger partial charge in [0.2, 0.25) is 11.5 Å². The molecule has 0 bridgehead atoms. The molecule has 0 aliphatic heterocycles. The Labute approximate surface area is 137 Å². The minimum atomic E-state index is -0.542. The van der Waals surface area contributed by atoms with Gasteiger partial charge < -0.3 is 4.74 Å². The van der Waals surface area contributed by atoms with Gasteiger partial charge in [-0.15, -0.1) is 11.3 Å². The summed E-state index contributed by atoms with van der Waals surface area (Å²) in [6.07, 6.45) is 0. The SMILES string of the molecule is Cc1cc(Br)cc([N+](=O)[O-])c1OCC(=O)c1ccc(Cl)s1. The second kappa shape index (κ2) is 6.55. The van der Waals surface area contributed by atoms with E-state index in [4.69, 9.17) is 16.3 Å². The Morgan fingerprint density at radius 2 is 2.19 bits per heavy atom. The van der Waals surface area contributed by atoms with Crippen LogP contribution >= 0.6 is 38.9 Å². The van der Waals surface area contributed by atoms with Crippen molar-refractivity contribution >= 4 is 50.3 Å². The smallest absolute Gasteiger partial charge is 0.312 e. The average Bonchev–Trinajstić information content (AvgIpc) is 2.83. The van der Waals surface area contributed by atoms with Crippen LogP contribution in [0.25, 0.3) is 0 Å². The molecule has 110 valence electrons. The molecule has 2 rings (SSSR count). The number of carbonyl (C=O) groups is 1. The maximum absolute atomic E-state index is 11.9. The molecule has 0 N–H and O–H groups in total. The summed E-state index contributed by atoms with van der Waals surface area (Å²) in [5.41, 5.74) is 0.395. The predicted octanol–water partition coefficient (Wildman–Crippen LogP) is 4.64. The van der Waals surface area contributed by atoms with Gasteiger partial charge in [0.15, 0.2) is 6.61 Å². The number of hydrogen-bond donors (Lipinski definition) is 0. The lowest BCUT2D eigenvalue weighted by Crippen LogP contribution is -2.11. The van der Waals surface area contributed by atoms with E-state index in [-0.39, 0.29) is 23.8 Å². The number of carbonyl (C=O) groups excluding carboxylic acids is 1. The number of rotatable bonds is 5. The summed E-state index contributed by atoms with van der Waals surface area (Å²) in [6, 6.07) is 6.25. The average molecular weight is 391 g/mol. The van der Waals surface area contributed by atoms with Crippen molar-refractivity contribution in [2.45, 2.75) is 6.92 Å². The number of nitro groups is 1. The van der Waals surface area contributed by atoms with Crippen molar-refractivity contribution in [3.05, 3.63) is 53.6 Å². The van der Waals surface area contributed by atoms with Crippen LogP contribution in [0.1, 0.15) is 15.2 Å². The van der Waals surface area contributed by atoms with Gasteiger partial charge in [0.05, 0.1) is 14.1 Å². The Kier molecular flexibility index (Phi) is 4.97. The summed E-state index contributed by atoms with van der Waals surface area (Å²) in [7, 11) is 0. The number of halogens is 2. The molecule has 0 unspecified atom stereocenters. The highest BCUT2D eigenvalue weighted by molar-refractivity contribution is 9.10. The van der Waals surface area contributed by atoms with Crippen molar-refractivity contribution < 1.29 is 14.5 Å². The van der Waals surface area contributed by atoms with E-state index in [1.54, 1.807) is 25.1 Å². The van der Waals surface area contributed by atoms with Gasteiger partial charge in [0.1, 0.15) is 0 Å². The fraction of sp³-hybridized carbons (Fsp3) is 0.154. The molecule has 0 amide bonds. The molecule has 21 heavy (non-hydrogen) atoms. The molecule has 0 fully saturated rings. The molecule has 0 aliphatic carbocycles. The summed E-state index contributed by atoms with van der Waals surface area (Å²) >= 11 is 10.1. The minimum absolute atomic E-state index is 0.0965. The molecular weight excluding hydrogens is 382 g/mol. The number of ether oxygens (including phenoxy) is 1. The molecule has 0 saturated heterocycles. The summed E-state index contributed by atoms with van der Waals surface area (Å²) in [5.74, 6) is -0.178. The highest BCUT2D eigenvalue weighted by Crippen LogP contribution is 2.34. The van der Waals surface area contributed by atoms with Gasteiger partial charge in [0.25, 0.3) is 0 Å². The summed E-state index contributed by atoms with van der Waals surface area (Å²) < 4.78 is 6.44. The van der Waals surface area contributed by atoms with Gasteiger partial charge >= 0.3 is 5.69 Å². The van der Waals surface area contributed by atoms with E-state index < -0.39 is 4.92 Å². The molecule has 1 heterocycles. The number of nitro benzene ring substituents is 1. The number of hydrogen-bond acceptors (Lipinski definition) is 5. The van der Waals surface area contributed by atoms with Crippen molar-refractivity contribution in [2.75, 3.05) is 6.61 Å². The van der Waals surface area contributed by atoms with Gasteiger partial charge in [-0.2, -0.15) is 0 Å². The van der Waals surface area contributed by atoms with Crippen molar-refractivity contribution in [1.82, 2.24) is 0 Å². The maximum atomic E-state index is 11.9. The molecule has 0 atom stereocenters. The Hall–Kier alpha value is -1.44. The van der Waals surface area contributed by atoms with E-state index in [0.717, 1.165) is 11.3 Å². The number of aryl methyl sites for hydroxylation is 1. The Morgan fingerprint density at radius 1 is 1.48 bits per heavy atom. The van der Waals surface area contributed by atoms with Crippen LogP contribution in [0, 0.1) is 17.0 Å². The van der Waals surface area contributed by atoms with Crippen LogP contribution in [0.2, 0.25) is 4.34 Å². The van der Waals surface area contributed by atoms with E-state index in [0.29, 0.717) is 19.2 Å². The minimum Gasteiger partial charge on any atom is -0.478 e. The number of nitrogens with zero attached hydrogens (tertiary/aromatic N) is 1. The molecule has 2 aromatic rings. The van der Waals surface area contributed by atoms with Crippen LogP contribution in [0.5, 0.6) is 5.75 Å². The van der Waals surface area contributed by atoms with Gasteiger partial charge in [-0.3, -0.25) is 14.9 Å². The zero-order valence-electron chi connectivity index (χ0n) is 10.8. The molecule has 8 heteroatoms. The van der Waals surface area contributed by atoms with Crippen molar-refractivity contribution in [3.63, 3.8) is 0 Å². The van der Waals surface area contributed by atoms with E-state index in [1.165, 1.54) is 6.07 Å². The highest BCUT2D eigenvalue weighted by Gasteiger charge is 2.20. The fourth-order valence-electron chi connectivity index (χ4n) is 1.71. The van der Waals surface area contributed by atoms with E-state index in [2.05, 4.69) is 15.9 Å². The van der Waals surface area contributed by atoms with Crippen LogP contribution in [-0.4, -0.2) is 17.3 Å². The van der Waals surface area contributed by atoms with E-state index in [1.807, 2.05) is 0 Å². The van der Waals surface area contributed by atoms with Crippen LogP contribution in [0.3, 0.4) is 0 Å². The molecule has 5 nitrogen and oxygen atoms in total. The molecule has 0 spiro atoms. The van der Waals surface area contributed by atoms with E-state index >= 15 is 0 Å². The van der Waals surface area contributed by atoms with Crippen LogP contribution < -0.4 is 4.74 Å². The third kappa shape index (κ3) is 3.81. The quantitative estimate of drug-likeness (QED) is 0.423. The summed E-state index contributed by atoms with van der Waals surface area (Å²) in [4.78, 5) is 22.9. The number of ketones is 1. The second-order valence-electron chi connectivity index (χ2n) is 4.14. The molecule has 1 aromatic heterocycles. The number of benzene rings is 1. The Morgan fingerprint density at radius 3 is 2.76 bits per heavy atom. The van der Waals surface area contributed by atoms with Crippen molar-refractivity contribution in [1.29, 1.82) is 0 Å². The maximum Gasteiger partial charge on any atom is 0.312 e. The number of thiophene rings is 1. The van der Waals surface area contributed by atoms with Crippen molar-refractivity contribution in [2.24, 2.45) is 0 Å². The number of Topliss-reactive ketones (excluding diaryl/α,β-unsaturated/α-hetero) is 1.